The van der Waals surface area contributed by atoms with Gasteiger partial charge in [0.2, 0.25) is 0 Å². The molecule has 1 aromatic carbocycles. The first-order valence-electron chi connectivity index (χ1n) is 7.82. The number of carbonyl (C=O) groups is 1. The van der Waals surface area contributed by atoms with Gasteiger partial charge in [-0.1, -0.05) is 19.1 Å². The van der Waals surface area contributed by atoms with Crippen molar-refractivity contribution < 1.29 is 9.53 Å². The van der Waals surface area contributed by atoms with Gasteiger partial charge in [-0.05, 0) is 30.3 Å². The topological polar surface area (TPSA) is 85.2 Å². The molecule has 0 saturated carbocycles. The number of nitrogens with zero attached hydrogens (tertiary/aromatic N) is 2. The van der Waals surface area contributed by atoms with E-state index in [4.69, 9.17) is 4.74 Å². The second kappa shape index (κ2) is 8.95. The molecule has 128 valence electrons. The first-order chi connectivity index (χ1) is 11.6. The van der Waals surface area contributed by atoms with Crippen molar-refractivity contribution in [1.82, 2.24) is 15.1 Å². The van der Waals surface area contributed by atoms with Crippen LogP contribution in [0.1, 0.15) is 23.0 Å². The minimum atomic E-state index is -0.359. The lowest BCUT2D eigenvalue weighted by atomic mass is 10.2. The zero-order valence-electron chi connectivity index (χ0n) is 13.9. The van der Waals surface area contributed by atoms with Crippen LogP contribution < -0.4 is 16.2 Å². The number of methoxy groups -OCH3 is 1. The summed E-state index contributed by atoms with van der Waals surface area (Å²) in [4.78, 5) is 24.1. The number of rotatable bonds is 8. The molecule has 7 heteroatoms. The number of nitrogens with one attached hydrogen (secondary N) is 2. The Bertz CT molecular complexity index is 743. The maximum atomic E-state index is 12.3. The molecule has 0 aliphatic rings. The van der Waals surface area contributed by atoms with Crippen LogP contribution >= 0.6 is 0 Å². The van der Waals surface area contributed by atoms with Crippen LogP contribution in [0.25, 0.3) is 0 Å². The van der Waals surface area contributed by atoms with Gasteiger partial charge in [0.15, 0.2) is 0 Å². The highest BCUT2D eigenvalue weighted by Crippen LogP contribution is 2.11. The Morgan fingerprint density at radius 2 is 2.12 bits per heavy atom. The third-order valence-electron chi connectivity index (χ3n) is 3.37. The average Bonchev–Trinajstić information content (AvgIpc) is 2.59. The Balaban J connectivity index is 2.10. The number of aromatic nitrogens is 2. The Morgan fingerprint density at radius 3 is 2.88 bits per heavy atom. The lowest BCUT2D eigenvalue weighted by Gasteiger charge is -2.09. The van der Waals surface area contributed by atoms with E-state index < -0.39 is 0 Å². The first kappa shape index (κ1) is 17.8. The summed E-state index contributed by atoms with van der Waals surface area (Å²) < 4.78 is 6.16. The van der Waals surface area contributed by atoms with Gasteiger partial charge >= 0.3 is 0 Å². The van der Waals surface area contributed by atoms with Crippen LogP contribution in [0.5, 0.6) is 0 Å². The predicted molar refractivity (Wildman–Crippen MR) is 92.1 cm³/mol. The molecule has 2 aromatic rings. The van der Waals surface area contributed by atoms with Gasteiger partial charge in [0.05, 0.1) is 13.2 Å². The fourth-order valence-electron chi connectivity index (χ4n) is 2.13. The van der Waals surface area contributed by atoms with Gasteiger partial charge < -0.3 is 15.4 Å². The number of carbonyl (C=O) groups excluding carboxylic acids is 1. The third-order valence-corrected chi connectivity index (χ3v) is 3.37. The van der Waals surface area contributed by atoms with Gasteiger partial charge in [0, 0.05) is 25.4 Å². The second-order valence-electron chi connectivity index (χ2n) is 5.21. The third kappa shape index (κ3) is 5.00. The fourth-order valence-corrected chi connectivity index (χ4v) is 2.13. The Kier molecular flexibility index (Phi) is 6.65. The molecule has 1 amide bonds. The molecule has 0 aliphatic carbocycles. The van der Waals surface area contributed by atoms with E-state index in [0.29, 0.717) is 18.8 Å². The zero-order valence-corrected chi connectivity index (χ0v) is 13.9. The van der Waals surface area contributed by atoms with Gasteiger partial charge in [-0.3, -0.25) is 9.59 Å². The van der Waals surface area contributed by atoms with Crippen LogP contribution in [-0.4, -0.2) is 35.9 Å². The van der Waals surface area contributed by atoms with Crippen molar-refractivity contribution in [3.05, 3.63) is 58.0 Å². The highest BCUT2D eigenvalue weighted by atomic mass is 16.5. The van der Waals surface area contributed by atoms with E-state index in [0.717, 1.165) is 18.7 Å². The minimum Gasteiger partial charge on any atom is -0.383 e. The molecular weight excluding hydrogens is 308 g/mol. The molecular formula is C17H22N4O3. The van der Waals surface area contributed by atoms with E-state index in [9.17, 15) is 9.59 Å². The summed E-state index contributed by atoms with van der Waals surface area (Å²) in [5.41, 5.74) is 1.68. The monoisotopic (exact) mass is 330 g/mol. The molecule has 0 spiro atoms. The first-order valence-corrected chi connectivity index (χ1v) is 7.82. The van der Waals surface area contributed by atoms with Crippen LogP contribution in [0.15, 0.2) is 41.2 Å². The maximum absolute atomic E-state index is 12.3. The summed E-state index contributed by atoms with van der Waals surface area (Å²) in [6.45, 7) is 4.30. The molecule has 0 aliphatic heterocycles. The van der Waals surface area contributed by atoms with E-state index in [2.05, 4.69) is 15.7 Å². The number of amides is 1. The quantitative estimate of drug-likeness (QED) is 0.761. The second-order valence-corrected chi connectivity index (χ2v) is 5.21. The van der Waals surface area contributed by atoms with Crippen molar-refractivity contribution >= 4 is 11.6 Å². The van der Waals surface area contributed by atoms with Crippen LogP contribution in [0.3, 0.4) is 0 Å². The van der Waals surface area contributed by atoms with Gasteiger partial charge in [0.1, 0.15) is 5.69 Å². The summed E-state index contributed by atoms with van der Waals surface area (Å²) >= 11 is 0. The largest absolute Gasteiger partial charge is 0.383 e. The van der Waals surface area contributed by atoms with E-state index in [1.54, 1.807) is 7.11 Å². The smallest absolute Gasteiger partial charge is 0.276 e. The summed E-state index contributed by atoms with van der Waals surface area (Å²) in [6.07, 6.45) is 0. The molecule has 1 aromatic heterocycles. The van der Waals surface area contributed by atoms with Crippen molar-refractivity contribution in [2.45, 2.75) is 20.0 Å². The number of hydrogen-bond donors (Lipinski definition) is 2. The zero-order chi connectivity index (χ0) is 17.4. The summed E-state index contributed by atoms with van der Waals surface area (Å²) in [5, 5.41) is 10.1. The Hall–Kier alpha value is -2.51. The molecule has 0 bridgehead atoms. The standard InChI is InChI=1S/C17H22N4O3/c1-3-18-12-13-5-4-6-14(11-13)19-17(23)15-7-8-16(22)21(20-15)9-10-24-2/h4-8,11,18H,3,9-10,12H2,1-2H3,(H,19,23). The van der Waals surface area contributed by atoms with Crippen LogP contribution in [0.4, 0.5) is 5.69 Å². The highest BCUT2D eigenvalue weighted by molar-refractivity contribution is 6.02. The molecule has 0 unspecified atom stereocenters. The highest BCUT2D eigenvalue weighted by Gasteiger charge is 2.10. The summed E-state index contributed by atoms with van der Waals surface area (Å²) in [5.74, 6) is -0.359. The molecule has 0 atom stereocenters. The minimum absolute atomic E-state index is 0.183. The van der Waals surface area contributed by atoms with Gasteiger partial charge in [-0.15, -0.1) is 0 Å². The van der Waals surface area contributed by atoms with E-state index >= 15 is 0 Å². The van der Waals surface area contributed by atoms with Gasteiger partial charge in [-0.25, -0.2) is 4.68 Å². The van der Waals surface area contributed by atoms with Crippen molar-refractivity contribution in [3.63, 3.8) is 0 Å². The van der Waals surface area contributed by atoms with Crippen molar-refractivity contribution in [2.75, 3.05) is 25.6 Å². The van der Waals surface area contributed by atoms with Crippen molar-refractivity contribution in [1.29, 1.82) is 0 Å². The van der Waals surface area contributed by atoms with Gasteiger partial charge in [-0.2, -0.15) is 5.10 Å². The van der Waals surface area contributed by atoms with Crippen LogP contribution in [0, 0.1) is 0 Å². The molecule has 2 N–H and O–H groups in total. The van der Waals surface area contributed by atoms with E-state index in [1.807, 2.05) is 31.2 Å². The van der Waals surface area contributed by atoms with Crippen molar-refractivity contribution in [2.24, 2.45) is 0 Å². The molecule has 1 heterocycles. The number of hydrogen-bond acceptors (Lipinski definition) is 5. The molecule has 24 heavy (non-hydrogen) atoms. The molecule has 0 fully saturated rings. The SMILES string of the molecule is CCNCc1cccc(NC(=O)c2ccc(=O)n(CCOC)n2)c1. The lowest BCUT2D eigenvalue weighted by Crippen LogP contribution is -2.27. The average molecular weight is 330 g/mol. The normalized spacial score (nSPS) is 10.6. The summed E-state index contributed by atoms with van der Waals surface area (Å²) in [7, 11) is 1.54. The van der Waals surface area contributed by atoms with Crippen LogP contribution in [-0.2, 0) is 17.8 Å². The Morgan fingerprint density at radius 1 is 1.29 bits per heavy atom. The molecule has 7 nitrogen and oxygen atoms in total. The maximum Gasteiger partial charge on any atom is 0.276 e. The van der Waals surface area contributed by atoms with Gasteiger partial charge in [0.25, 0.3) is 11.5 Å². The lowest BCUT2D eigenvalue weighted by molar-refractivity contribution is 0.101. The summed E-state index contributed by atoms with van der Waals surface area (Å²) in [6, 6.07) is 10.3. The molecule has 0 radical (unpaired) electrons. The van der Waals surface area contributed by atoms with Crippen LogP contribution in [0.2, 0.25) is 0 Å². The molecule has 2 rings (SSSR count). The van der Waals surface area contributed by atoms with E-state index in [-0.39, 0.29) is 17.2 Å². The van der Waals surface area contributed by atoms with E-state index in [1.165, 1.54) is 16.8 Å². The number of ether oxygens (including phenoxy) is 1. The fraction of sp³-hybridized carbons (Fsp3) is 0.353. The van der Waals surface area contributed by atoms with Crippen molar-refractivity contribution in [3.8, 4) is 0 Å². The predicted octanol–water partition coefficient (Wildman–Crippen LogP) is 1.25. The number of benzene rings is 1. The molecule has 0 saturated heterocycles. The number of anilines is 1. The Labute approximate surface area is 140 Å².